The highest BCUT2D eigenvalue weighted by Crippen LogP contribution is 2.14. The molecule has 2 fully saturated rings. The number of carbonyl (C=O) groups excluding carboxylic acids is 3. The van der Waals surface area contributed by atoms with E-state index in [0.29, 0.717) is 0 Å². The SMILES string of the molecule is CN1C(=O)C(=C/C=C/N2CCCC2)C(=O)N(C)C1=O. The number of imide groups is 2. The van der Waals surface area contributed by atoms with Crippen molar-refractivity contribution in [3.8, 4) is 0 Å². The highest BCUT2D eigenvalue weighted by Gasteiger charge is 2.37. The molecule has 2 heterocycles. The minimum absolute atomic E-state index is 0.0139. The quantitative estimate of drug-likeness (QED) is 0.540. The molecule has 0 aromatic rings. The Morgan fingerprint density at radius 1 is 0.947 bits per heavy atom. The van der Waals surface area contributed by atoms with Crippen molar-refractivity contribution in [2.45, 2.75) is 12.8 Å². The third kappa shape index (κ3) is 2.52. The largest absolute Gasteiger partial charge is 0.377 e. The number of rotatable bonds is 2. The molecule has 2 aliphatic rings. The van der Waals surface area contributed by atoms with E-state index in [-0.39, 0.29) is 5.57 Å². The number of amides is 4. The lowest BCUT2D eigenvalue weighted by atomic mass is 10.1. The molecule has 0 aromatic carbocycles. The van der Waals surface area contributed by atoms with E-state index in [1.54, 1.807) is 6.08 Å². The van der Waals surface area contributed by atoms with Gasteiger partial charge in [-0.1, -0.05) is 0 Å². The Kier molecular flexibility index (Phi) is 3.69. The number of barbiturate groups is 1. The average Bonchev–Trinajstić information content (AvgIpc) is 2.91. The van der Waals surface area contributed by atoms with Gasteiger partial charge in [-0.05, 0) is 31.2 Å². The first-order chi connectivity index (χ1) is 9.02. The van der Waals surface area contributed by atoms with Crippen molar-refractivity contribution in [2.75, 3.05) is 27.2 Å². The molecule has 6 heteroatoms. The molecular weight excluding hydrogens is 246 g/mol. The van der Waals surface area contributed by atoms with E-state index in [9.17, 15) is 14.4 Å². The smallest absolute Gasteiger partial charge is 0.333 e. The zero-order valence-electron chi connectivity index (χ0n) is 11.1. The second kappa shape index (κ2) is 5.26. The molecule has 0 aromatic heterocycles. The Bertz CT molecular complexity index is 450. The Morgan fingerprint density at radius 3 is 2.00 bits per heavy atom. The van der Waals surface area contributed by atoms with Crippen LogP contribution in [0.25, 0.3) is 0 Å². The Morgan fingerprint density at radius 2 is 1.47 bits per heavy atom. The van der Waals surface area contributed by atoms with Crippen LogP contribution >= 0.6 is 0 Å². The molecule has 2 rings (SSSR count). The summed E-state index contributed by atoms with van der Waals surface area (Å²) in [7, 11) is 2.73. The van der Waals surface area contributed by atoms with Gasteiger partial charge in [0.25, 0.3) is 11.8 Å². The van der Waals surface area contributed by atoms with Gasteiger partial charge in [0, 0.05) is 27.2 Å². The third-order valence-corrected chi connectivity index (χ3v) is 3.34. The maximum atomic E-state index is 11.9. The molecule has 4 amide bonds. The fraction of sp³-hybridized carbons (Fsp3) is 0.462. The summed E-state index contributed by atoms with van der Waals surface area (Å²) >= 11 is 0. The minimum atomic E-state index is -0.601. The van der Waals surface area contributed by atoms with Crippen molar-refractivity contribution >= 4 is 17.8 Å². The van der Waals surface area contributed by atoms with Gasteiger partial charge in [-0.3, -0.25) is 19.4 Å². The van der Waals surface area contributed by atoms with E-state index >= 15 is 0 Å². The van der Waals surface area contributed by atoms with Crippen LogP contribution in [-0.2, 0) is 9.59 Å². The summed E-state index contributed by atoms with van der Waals surface area (Å²) in [5.41, 5.74) is 0.0139. The Balaban J connectivity index is 2.15. The molecule has 0 unspecified atom stereocenters. The number of hydrogen-bond acceptors (Lipinski definition) is 4. The van der Waals surface area contributed by atoms with Gasteiger partial charge in [0.2, 0.25) is 0 Å². The summed E-state index contributed by atoms with van der Waals surface area (Å²) in [6.45, 7) is 2.00. The molecule has 6 nitrogen and oxygen atoms in total. The van der Waals surface area contributed by atoms with Crippen molar-refractivity contribution in [3.63, 3.8) is 0 Å². The number of urea groups is 1. The van der Waals surface area contributed by atoms with Gasteiger partial charge in [-0.25, -0.2) is 4.79 Å². The van der Waals surface area contributed by atoms with Crippen LogP contribution in [0.15, 0.2) is 23.9 Å². The summed E-state index contributed by atoms with van der Waals surface area (Å²) in [6.07, 6.45) is 7.37. The molecule has 0 spiro atoms. The molecule has 2 saturated heterocycles. The van der Waals surface area contributed by atoms with Crippen molar-refractivity contribution in [3.05, 3.63) is 23.9 Å². The lowest BCUT2D eigenvalue weighted by molar-refractivity contribution is -0.134. The van der Waals surface area contributed by atoms with Gasteiger partial charge in [0.05, 0.1) is 0 Å². The van der Waals surface area contributed by atoms with Crippen LogP contribution in [0.4, 0.5) is 4.79 Å². The van der Waals surface area contributed by atoms with Gasteiger partial charge in [0.1, 0.15) is 5.57 Å². The van der Waals surface area contributed by atoms with Crippen LogP contribution in [-0.4, -0.2) is 59.7 Å². The number of likely N-dealkylation sites (N-methyl/N-ethyl adjacent to an activating group) is 2. The monoisotopic (exact) mass is 263 g/mol. The molecule has 0 aliphatic carbocycles. The van der Waals surface area contributed by atoms with Crippen molar-refractivity contribution < 1.29 is 14.4 Å². The van der Waals surface area contributed by atoms with E-state index in [1.807, 2.05) is 6.20 Å². The molecule has 0 radical (unpaired) electrons. The van der Waals surface area contributed by atoms with Gasteiger partial charge in [-0.15, -0.1) is 0 Å². The molecule has 19 heavy (non-hydrogen) atoms. The highest BCUT2D eigenvalue weighted by atomic mass is 16.2. The summed E-state index contributed by atoms with van der Waals surface area (Å²) < 4.78 is 0. The predicted molar refractivity (Wildman–Crippen MR) is 69.0 cm³/mol. The first-order valence-electron chi connectivity index (χ1n) is 6.25. The summed E-state index contributed by atoms with van der Waals surface area (Å²) in [5, 5.41) is 0. The third-order valence-electron chi connectivity index (χ3n) is 3.34. The first-order valence-corrected chi connectivity index (χ1v) is 6.25. The van der Waals surface area contributed by atoms with Crippen LogP contribution < -0.4 is 0 Å². The Hall–Kier alpha value is -2.11. The number of nitrogens with zero attached hydrogens (tertiary/aromatic N) is 3. The molecule has 0 N–H and O–H groups in total. The van der Waals surface area contributed by atoms with Gasteiger partial charge >= 0.3 is 6.03 Å². The minimum Gasteiger partial charge on any atom is -0.377 e. The van der Waals surface area contributed by atoms with Crippen LogP contribution in [0.2, 0.25) is 0 Å². The van der Waals surface area contributed by atoms with Crippen LogP contribution in [0.5, 0.6) is 0 Å². The van der Waals surface area contributed by atoms with Crippen molar-refractivity contribution in [1.29, 1.82) is 0 Å². The maximum absolute atomic E-state index is 11.9. The molecule has 0 saturated carbocycles. The lowest BCUT2D eigenvalue weighted by Crippen LogP contribution is -2.52. The first kappa shape index (κ1) is 13.3. The molecular formula is C13H17N3O3. The highest BCUT2D eigenvalue weighted by molar-refractivity contribution is 6.28. The summed E-state index contributed by atoms with van der Waals surface area (Å²) in [5.74, 6) is -1.11. The van der Waals surface area contributed by atoms with E-state index in [2.05, 4.69) is 4.90 Å². The van der Waals surface area contributed by atoms with E-state index in [0.717, 1.165) is 22.9 Å². The fourth-order valence-electron chi connectivity index (χ4n) is 2.15. The fourth-order valence-corrected chi connectivity index (χ4v) is 2.15. The number of hydrogen-bond donors (Lipinski definition) is 0. The topological polar surface area (TPSA) is 60.9 Å². The van der Waals surface area contributed by atoms with E-state index in [4.69, 9.17) is 0 Å². The second-order valence-electron chi connectivity index (χ2n) is 4.68. The molecule has 2 aliphatic heterocycles. The van der Waals surface area contributed by atoms with E-state index in [1.165, 1.54) is 33.0 Å². The normalized spacial score (nSPS) is 21.1. The number of carbonyl (C=O) groups is 3. The maximum Gasteiger partial charge on any atom is 0.333 e. The van der Waals surface area contributed by atoms with Gasteiger partial charge < -0.3 is 4.90 Å². The van der Waals surface area contributed by atoms with Gasteiger partial charge in [-0.2, -0.15) is 0 Å². The van der Waals surface area contributed by atoms with Crippen LogP contribution in [0.1, 0.15) is 12.8 Å². The van der Waals surface area contributed by atoms with Crippen molar-refractivity contribution in [1.82, 2.24) is 14.7 Å². The molecule has 102 valence electrons. The van der Waals surface area contributed by atoms with Crippen LogP contribution in [0, 0.1) is 0 Å². The standard InChI is InChI=1S/C13H17N3O3/c1-14-11(17)10(12(18)15(2)13(14)19)6-5-9-16-7-3-4-8-16/h5-6,9H,3-4,7-8H2,1-2H3/b9-5+. The van der Waals surface area contributed by atoms with E-state index < -0.39 is 17.8 Å². The summed E-state index contributed by atoms with van der Waals surface area (Å²) in [6, 6.07) is -0.601. The zero-order valence-corrected chi connectivity index (χ0v) is 11.1. The lowest BCUT2D eigenvalue weighted by Gasteiger charge is -2.28. The number of likely N-dealkylation sites (tertiary alicyclic amines) is 1. The Labute approximate surface area is 111 Å². The average molecular weight is 263 g/mol. The van der Waals surface area contributed by atoms with Crippen LogP contribution in [0.3, 0.4) is 0 Å². The molecule has 0 bridgehead atoms. The van der Waals surface area contributed by atoms with Gasteiger partial charge in [0.15, 0.2) is 0 Å². The molecule has 0 atom stereocenters. The number of allylic oxidation sites excluding steroid dienone is 2. The summed E-state index contributed by atoms with van der Waals surface area (Å²) in [4.78, 5) is 39.3. The van der Waals surface area contributed by atoms with Crippen molar-refractivity contribution in [2.24, 2.45) is 0 Å². The second-order valence-corrected chi connectivity index (χ2v) is 4.68. The zero-order chi connectivity index (χ0) is 14.0. The predicted octanol–water partition coefficient (Wildman–Crippen LogP) is 0.573.